The number of ether oxygens (including phenoxy) is 4. The lowest BCUT2D eigenvalue weighted by Crippen LogP contribution is -2.34. The van der Waals surface area contributed by atoms with Crippen LogP contribution in [0.25, 0.3) is 0 Å². The van der Waals surface area contributed by atoms with Gasteiger partial charge in [0, 0.05) is 26.4 Å². The third-order valence-corrected chi connectivity index (χ3v) is 5.10. The van der Waals surface area contributed by atoms with Gasteiger partial charge in [0.2, 0.25) is 0 Å². The fourth-order valence-corrected chi connectivity index (χ4v) is 3.42. The molecule has 3 fully saturated rings. The second kappa shape index (κ2) is 10.7. The minimum atomic E-state index is -0.0681. The van der Waals surface area contributed by atoms with E-state index in [2.05, 4.69) is 4.90 Å². The van der Waals surface area contributed by atoms with Gasteiger partial charge in [0.25, 0.3) is 0 Å². The Morgan fingerprint density at radius 1 is 0.958 bits per heavy atom. The number of rotatable bonds is 12. The van der Waals surface area contributed by atoms with Gasteiger partial charge in [-0.05, 0) is 70.4 Å². The van der Waals surface area contributed by atoms with Crippen LogP contribution >= 0.6 is 0 Å². The second-order valence-electron chi connectivity index (χ2n) is 7.51. The van der Waals surface area contributed by atoms with Crippen molar-refractivity contribution in [2.45, 2.75) is 63.8 Å². The van der Waals surface area contributed by atoms with Gasteiger partial charge in [0.1, 0.15) is 6.10 Å². The number of hydrogen-bond donors (Lipinski definition) is 0. The van der Waals surface area contributed by atoms with Crippen LogP contribution in [-0.4, -0.2) is 70.0 Å². The van der Waals surface area contributed by atoms with Gasteiger partial charge in [-0.1, -0.05) is 0 Å². The third-order valence-electron chi connectivity index (χ3n) is 5.10. The zero-order valence-electron chi connectivity index (χ0n) is 15.1. The highest BCUT2D eigenvalue weighted by molar-refractivity contribution is 4.72. The van der Waals surface area contributed by atoms with E-state index in [1.54, 1.807) is 0 Å². The lowest BCUT2D eigenvalue weighted by Gasteiger charge is -2.27. The van der Waals surface area contributed by atoms with E-state index in [1.165, 1.54) is 45.2 Å². The van der Waals surface area contributed by atoms with E-state index in [-0.39, 0.29) is 12.4 Å². The summed E-state index contributed by atoms with van der Waals surface area (Å²) < 4.78 is 23.5. The van der Waals surface area contributed by atoms with E-state index in [9.17, 15) is 0 Å². The van der Waals surface area contributed by atoms with Crippen molar-refractivity contribution < 1.29 is 18.9 Å². The summed E-state index contributed by atoms with van der Waals surface area (Å²) in [7, 11) is 0. The third kappa shape index (κ3) is 7.36. The van der Waals surface area contributed by atoms with E-state index in [1.807, 2.05) is 0 Å². The Morgan fingerprint density at radius 2 is 1.79 bits per heavy atom. The van der Waals surface area contributed by atoms with E-state index < -0.39 is 0 Å². The van der Waals surface area contributed by atoms with E-state index >= 15 is 0 Å². The molecule has 5 heteroatoms. The normalized spacial score (nSPS) is 26.8. The first-order chi connectivity index (χ1) is 11.9. The van der Waals surface area contributed by atoms with Crippen molar-refractivity contribution in [3.05, 3.63) is 0 Å². The molecular weight excluding hydrogens is 306 g/mol. The molecule has 0 radical (unpaired) electrons. The Morgan fingerprint density at radius 3 is 2.54 bits per heavy atom. The van der Waals surface area contributed by atoms with Gasteiger partial charge >= 0.3 is 0 Å². The molecule has 2 heterocycles. The summed E-state index contributed by atoms with van der Waals surface area (Å²) in [5.41, 5.74) is 0. The molecule has 2 atom stereocenters. The first kappa shape index (κ1) is 18.6. The summed E-state index contributed by atoms with van der Waals surface area (Å²) in [6.45, 7) is 7.43. The Hall–Kier alpha value is -0.200. The molecule has 1 aliphatic carbocycles. The smallest absolute Gasteiger partial charge is 0.158 e. The molecular formula is C19H35NO4. The van der Waals surface area contributed by atoms with Crippen molar-refractivity contribution in [2.75, 3.05) is 52.7 Å². The highest BCUT2D eigenvalue weighted by Crippen LogP contribution is 2.28. The molecule has 0 spiro atoms. The SMILES string of the molecule is C1CCC(OC(COCCCN2CCCC2)COCC2CC2)OC1. The Kier molecular flexibility index (Phi) is 8.30. The molecule has 24 heavy (non-hydrogen) atoms. The van der Waals surface area contributed by atoms with Crippen molar-refractivity contribution in [3.8, 4) is 0 Å². The molecule has 2 unspecified atom stereocenters. The quantitative estimate of drug-likeness (QED) is 0.511. The van der Waals surface area contributed by atoms with Crippen LogP contribution in [0.2, 0.25) is 0 Å². The maximum atomic E-state index is 6.09. The van der Waals surface area contributed by atoms with Crippen LogP contribution in [0, 0.1) is 5.92 Å². The van der Waals surface area contributed by atoms with Gasteiger partial charge in [-0.2, -0.15) is 0 Å². The highest BCUT2D eigenvalue weighted by Gasteiger charge is 2.24. The lowest BCUT2D eigenvalue weighted by atomic mass is 10.2. The molecule has 3 rings (SSSR count). The van der Waals surface area contributed by atoms with E-state index in [4.69, 9.17) is 18.9 Å². The van der Waals surface area contributed by atoms with Crippen molar-refractivity contribution in [3.63, 3.8) is 0 Å². The predicted octanol–water partition coefficient (Wildman–Crippen LogP) is 2.83. The Labute approximate surface area is 147 Å². The van der Waals surface area contributed by atoms with Crippen LogP contribution in [0.1, 0.15) is 51.4 Å². The maximum absolute atomic E-state index is 6.09. The monoisotopic (exact) mass is 341 g/mol. The zero-order chi connectivity index (χ0) is 16.5. The van der Waals surface area contributed by atoms with Crippen molar-refractivity contribution in [1.82, 2.24) is 4.90 Å². The second-order valence-corrected chi connectivity index (χ2v) is 7.51. The van der Waals surface area contributed by atoms with Gasteiger partial charge in [-0.3, -0.25) is 0 Å². The lowest BCUT2D eigenvalue weighted by molar-refractivity contribution is -0.208. The average Bonchev–Trinajstić information content (AvgIpc) is 3.28. The highest BCUT2D eigenvalue weighted by atomic mass is 16.7. The van der Waals surface area contributed by atoms with E-state index in [0.29, 0.717) is 13.2 Å². The molecule has 1 saturated carbocycles. The number of nitrogens with zero attached hydrogens (tertiary/aromatic N) is 1. The number of likely N-dealkylation sites (tertiary alicyclic amines) is 1. The summed E-state index contributed by atoms with van der Waals surface area (Å²) >= 11 is 0. The van der Waals surface area contributed by atoms with Crippen LogP contribution < -0.4 is 0 Å². The average molecular weight is 341 g/mol. The summed E-state index contributed by atoms with van der Waals surface area (Å²) in [6, 6.07) is 0. The van der Waals surface area contributed by atoms with Gasteiger partial charge in [-0.25, -0.2) is 0 Å². The topological polar surface area (TPSA) is 40.2 Å². The van der Waals surface area contributed by atoms with Crippen LogP contribution in [0.4, 0.5) is 0 Å². The van der Waals surface area contributed by atoms with Crippen LogP contribution in [0.15, 0.2) is 0 Å². The molecule has 2 aliphatic heterocycles. The van der Waals surface area contributed by atoms with Crippen LogP contribution in [-0.2, 0) is 18.9 Å². The molecule has 140 valence electrons. The zero-order valence-corrected chi connectivity index (χ0v) is 15.1. The number of hydrogen-bond acceptors (Lipinski definition) is 5. The molecule has 2 saturated heterocycles. The molecule has 0 amide bonds. The Bertz CT molecular complexity index is 325. The molecule has 0 N–H and O–H groups in total. The Balaban J connectivity index is 1.28. The minimum absolute atomic E-state index is 0.00126. The fraction of sp³-hybridized carbons (Fsp3) is 1.00. The van der Waals surface area contributed by atoms with Crippen LogP contribution in [0.3, 0.4) is 0 Å². The molecule has 0 aromatic rings. The fourth-order valence-electron chi connectivity index (χ4n) is 3.42. The molecule has 0 aromatic carbocycles. The molecule has 0 aromatic heterocycles. The van der Waals surface area contributed by atoms with Crippen LogP contribution in [0.5, 0.6) is 0 Å². The molecule has 3 aliphatic rings. The van der Waals surface area contributed by atoms with Crippen molar-refractivity contribution in [1.29, 1.82) is 0 Å². The standard InChI is InChI=1S/C19H35NO4/c1-4-13-23-19(6-1)24-18(16-22-14-17-7-8-17)15-21-12-5-11-20-9-2-3-10-20/h17-19H,1-16H2. The maximum Gasteiger partial charge on any atom is 0.158 e. The van der Waals surface area contributed by atoms with Crippen molar-refractivity contribution in [2.24, 2.45) is 5.92 Å². The summed E-state index contributed by atoms with van der Waals surface area (Å²) in [5, 5.41) is 0. The first-order valence-corrected chi connectivity index (χ1v) is 10.0. The molecule has 0 bridgehead atoms. The molecule has 5 nitrogen and oxygen atoms in total. The largest absolute Gasteiger partial charge is 0.379 e. The summed E-state index contributed by atoms with van der Waals surface area (Å²) in [5.74, 6) is 0.790. The van der Waals surface area contributed by atoms with Gasteiger partial charge in [-0.15, -0.1) is 0 Å². The van der Waals surface area contributed by atoms with Gasteiger partial charge in [0.05, 0.1) is 13.2 Å². The minimum Gasteiger partial charge on any atom is -0.379 e. The van der Waals surface area contributed by atoms with Crippen molar-refractivity contribution >= 4 is 0 Å². The summed E-state index contributed by atoms with van der Waals surface area (Å²) in [4.78, 5) is 2.53. The predicted molar refractivity (Wildman–Crippen MR) is 93.1 cm³/mol. The first-order valence-electron chi connectivity index (χ1n) is 10.0. The van der Waals surface area contributed by atoms with Gasteiger partial charge in [0.15, 0.2) is 6.29 Å². The summed E-state index contributed by atoms with van der Waals surface area (Å²) in [6.07, 6.45) is 9.73. The van der Waals surface area contributed by atoms with Gasteiger partial charge < -0.3 is 23.8 Å². The van der Waals surface area contributed by atoms with E-state index in [0.717, 1.165) is 51.5 Å².